The number of carbonyl (C=O) groups is 3. The van der Waals surface area contributed by atoms with Crippen LogP contribution in [0.15, 0.2) is 66.3 Å². The van der Waals surface area contributed by atoms with Gasteiger partial charge in [-0.3, -0.25) is 14.4 Å². The SMILES string of the molecule is CCC1C(=O)N(C)c2cnc(Nc3ccc(C(=O)NCCOC4CCN(/C(N)=C/C=C(\N)C(=O)NC5CCCCC5)CC4)cc3OC)nc2N1C1CCCC1.N#Cc1ccc(O)cc1Cl. The Morgan fingerprint density at radius 3 is 2.42 bits per heavy atom. The smallest absolute Gasteiger partial charge is 0.267 e. The van der Waals surface area contributed by atoms with Gasteiger partial charge in [-0.2, -0.15) is 10.2 Å². The first-order chi connectivity index (χ1) is 31.4. The summed E-state index contributed by atoms with van der Waals surface area (Å²) in [6, 6.07) is 11.5. The van der Waals surface area contributed by atoms with Crippen molar-refractivity contribution < 1.29 is 29.0 Å². The van der Waals surface area contributed by atoms with Crippen LogP contribution in [0, 0.1) is 11.3 Å². The van der Waals surface area contributed by atoms with E-state index in [2.05, 4.69) is 30.7 Å². The number of nitrogens with zero attached hydrogens (tertiary/aromatic N) is 6. The van der Waals surface area contributed by atoms with Crippen LogP contribution in [0.3, 0.4) is 0 Å². The van der Waals surface area contributed by atoms with Crippen LogP contribution in [0.2, 0.25) is 5.02 Å². The molecule has 65 heavy (non-hydrogen) atoms. The van der Waals surface area contributed by atoms with Gasteiger partial charge >= 0.3 is 0 Å². The minimum Gasteiger partial charge on any atom is -0.508 e. The van der Waals surface area contributed by atoms with Gasteiger partial charge in [0.05, 0.1) is 53.8 Å². The number of phenols is 1. The summed E-state index contributed by atoms with van der Waals surface area (Å²) >= 11 is 5.55. The van der Waals surface area contributed by atoms with E-state index in [0.717, 1.165) is 70.0 Å². The molecule has 1 saturated heterocycles. The normalized spacial score (nSPS) is 18.6. The number of nitrogens with two attached hydrogens (primary N) is 2. The zero-order valence-electron chi connectivity index (χ0n) is 37.5. The maximum atomic E-state index is 13.2. The van der Waals surface area contributed by atoms with Crippen LogP contribution in [-0.2, 0) is 14.3 Å². The first-order valence-corrected chi connectivity index (χ1v) is 22.9. The monoisotopic (exact) mass is 911 g/mol. The molecular formula is C47H62ClN11O6. The van der Waals surface area contributed by atoms with Crippen molar-refractivity contribution in [2.45, 2.75) is 108 Å². The predicted octanol–water partition coefficient (Wildman–Crippen LogP) is 5.95. The Balaban J connectivity index is 0.000000618. The number of benzene rings is 2. The van der Waals surface area contributed by atoms with E-state index in [4.69, 9.17) is 47.9 Å². The number of nitrogens with one attached hydrogen (secondary N) is 3. The molecule has 1 aromatic heterocycles. The Morgan fingerprint density at radius 2 is 1.74 bits per heavy atom. The van der Waals surface area contributed by atoms with Crippen molar-refractivity contribution in [3.63, 3.8) is 0 Å². The summed E-state index contributed by atoms with van der Waals surface area (Å²) in [5, 5.41) is 26.7. The molecule has 348 valence electrons. The zero-order valence-corrected chi connectivity index (χ0v) is 38.3. The number of amides is 3. The van der Waals surface area contributed by atoms with E-state index in [1.54, 1.807) is 55.6 Å². The molecule has 1 unspecified atom stereocenters. The summed E-state index contributed by atoms with van der Waals surface area (Å²) in [6.07, 6.45) is 17.1. The topological polar surface area (TPSA) is 237 Å². The van der Waals surface area contributed by atoms with Crippen LogP contribution in [0.4, 0.5) is 23.1 Å². The molecule has 0 spiro atoms. The summed E-state index contributed by atoms with van der Waals surface area (Å²) in [5.74, 6) is 1.83. The second-order valence-corrected chi connectivity index (χ2v) is 17.1. The second kappa shape index (κ2) is 23.1. The maximum Gasteiger partial charge on any atom is 0.267 e. The molecule has 7 rings (SSSR count). The maximum absolute atomic E-state index is 13.2. The molecule has 3 fully saturated rings. The molecular weight excluding hydrogens is 850 g/mol. The highest BCUT2D eigenvalue weighted by molar-refractivity contribution is 6.31. The standard InChI is InChI=1S/C40H58N10O5.C7H4ClNO/c1-4-32-39(53)48(2)33-25-44-40(47-36(33)50(32)28-12-8-9-13-28)46-31-16-14-26(24-34(31)54-3)37(51)43-20-23-55-29-18-21-49(22-19-29)35(42)17-15-30(41)38(52)45-27-10-6-5-7-11-27;8-7-3-6(10)2-1-5(7)4-9/h14-17,24-25,27-29,32H,4-13,18-23,41-42H2,1-3H3,(H,43,51)(H,45,52)(H,44,46,47);1-3,10H/b30-15-,35-17+;. The minimum atomic E-state index is -0.262. The molecule has 4 aliphatic rings. The van der Waals surface area contributed by atoms with Crippen molar-refractivity contribution in [2.24, 2.45) is 11.5 Å². The van der Waals surface area contributed by atoms with E-state index < -0.39 is 0 Å². The van der Waals surface area contributed by atoms with E-state index in [1.807, 2.05) is 13.0 Å². The average molecular weight is 913 g/mol. The molecule has 3 aromatic rings. The number of rotatable bonds is 14. The van der Waals surface area contributed by atoms with Crippen LogP contribution in [0.25, 0.3) is 0 Å². The fourth-order valence-corrected chi connectivity index (χ4v) is 8.96. The number of anilines is 4. The van der Waals surface area contributed by atoms with Gasteiger partial charge in [0, 0.05) is 44.3 Å². The number of aromatic hydroxyl groups is 1. The minimum absolute atomic E-state index is 0.0538. The summed E-state index contributed by atoms with van der Waals surface area (Å²) in [7, 11) is 3.33. The van der Waals surface area contributed by atoms with Gasteiger partial charge in [-0.05, 0) is 93.5 Å². The summed E-state index contributed by atoms with van der Waals surface area (Å²) in [5.41, 5.74) is 14.6. The highest BCUT2D eigenvalue weighted by Crippen LogP contribution is 2.40. The molecule has 2 aliphatic heterocycles. The number of aromatic nitrogens is 2. The van der Waals surface area contributed by atoms with Crippen molar-refractivity contribution in [3.05, 3.63) is 82.4 Å². The number of hydrogen-bond donors (Lipinski definition) is 6. The molecule has 0 radical (unpaired) electrons. The third-order valence-electron chi connectivity index (χ3n) is 12.4. The highest BCUT2D eigenvalue weighted by atomic mass is 35.5. The molecule has 2 aromatic carbocycles. The van der Waals surface area contributed by atoms with Crippen molar-refractivity contribution in [1.82, 2.24) is 25.5 Å². The lowest BCUT2D eigenvalue weighted by Crippen LogP contribution is -2.55. The van der Waals surface area contributed by atoms with Crippen molar-refractivity contribution in [3.8, 4) is 17.6 Å². The van der Waals surface area contributed by atoms with E-state index in [-0.39, 0.29) is 58.4 Å². The molecule has 3 amide bonds. The number of ether oxygens (including phenoxy) is 2. The lowest BCUT2D eigenvalue weighted by atomic mass is 9.95. The number of methoxy groups -OCH3 is 1. The lowest BCUT2D eigenvalue weighted by Gasteiger charge is -2.43. The fraction of sp³-hybridized carbons (Fsp3) is 0.489. The second-order valence-electron chi connectivity index (χ2n) is 16.7. The lowest BCUT2D eigenvalue weighted by molar-refractivity contribution is -0.120. The van der Waals surface area contributed by atoms with Gasteiger partial charge < -0.3 is 56.7 Å². The molecule has 0 bridgehead atoms. The van der Waals surface area contributed by atoms with Gasteiger partial charge in [-0.15, -0.1) is 0 Å². The van der Waals surface area contributed by atoms with Crippen molar-refractivity contribution in [1.29, 1.82) is 5.26 Å². The Labute approximate surface area is 386 Å². The third-order valence-corrected chi connectivity index (χ3v) is 12.7. The first kappa shape index (κ1) is 48.2. The zero-order chi connectivity index (χ0) is 46.5. The molecule has 8 N–H and O–H groups in total. The number of piperidine rings is 1. The van der Waals surface area contributed by atoms with Crippen LogP contribution < -0.4 is 42.0 Å². The predicted molar refractivity (Wildman–Crippen MR) is 251 cm³/mol. The number of fused-ring (bicyclic) bond motifs is 1. The number of likely N-dealkylation sites (tertiary alicyclic amines) is 1. The van der Waals surface area contributed by atoms with E-state index in [0.29, 0.717) is 72.7 Å². The fourth-order valence-electron chi connectivity index (χ4n) is 8.74. The van der Waals surface area contributed by atoms with Gasteiger partial charge in [0.1, 0.15) is 29.3 Å². The highest BCUT2D eigenvalue weighted by Gasteiger charge is 2.41. The van der Waals surface area contributed by atoms with Gasteiger partial charge in [0.25, 0.3) is 11.8 Å². The first-order valence-electron chi connectivity index (χ1n) is 22.6. The molecule has 1 atom stereocenters. The van der Waals surface area contributed by atoms with E-state index >= 15 is 0 Å². The molecule has 18 heteroatoms. The summed E-state index contributed by atoms with van der Waals surface area (Å²) < 4.78 is 11.7. The Hall–Kier alpha value is -6.25. The number of phenolic OH excluding ortho intramolecular Hbond substituents is 1. The average Bonchev–Trinajstić information content (AvgIpc) is 3.86. The molecule has 2 aliphatic carbocycles. The third kappa shape index (κ3) is 12.5. The van der Waals surface area contributed by atoms with Crippen molar-refractivity contribution in [2.75, 3.05) is 55.5 Å². The number of halogens is 1. The van der Waals surface area contributed by atoms with Gasteiger partial charge in [-0.25, -0.2) is 4.98 Å². The van der Waals surface area contributed by atoms with Gasteiger partial charge in [0.15, 0.2) is 5.82 Å². The molecule has 2 saturated carbocycles. The van der Waals surface area contributed by atoms with Gasteiger partial charge in [0.2, 0.25) is 11.9 Å². The van der Waals surface area contributed by atoms with Crippen LogP contribution >= 0.6 is 11.6 Å². The van der Waals surface area contributed by atoms with Crippen LogP contribution in [-0.4, -0.2) is 102 Å². The number of nitriles is 1. The number of hydrogen-bond acceptors (Lipinski definition) is 14. The number of allylic oxidation sites excluding steroid dienone is 2. The molecule has 3 heterocycles. The molecule has 17 nitrogen and oxygen atoms in total. The summed E-state index contributed by atoms with van der Waals surface area (Å²) in [6.45, 7) is 4.20. The van der Waals surface area contributed by atoms with Crippen LogP contribution in [0.1, 0.15) is 99.9 Å². The largest absolute Gasteiger partial charge is 0.508 e. The Kier molecular flexibility index (Phi) is 17.1. The van der Waals surface area contributed by atoms with E-state index in [9.17, 15) is 14.4 Å². The van der Waals surface area contributed by atoms with Gasteiger partial charge in [-0.1, -0.05) is 50.6 Å². The Bertz CT molecular complexity index is 2250. The quantitative estimate of drug-likeness (QED) is 0.0623. The van der Waals surface area contributed by atoms with E-state index in [1.165, 1.54) is 24.6 Å². The Morgan fingerprint density at radius 1 is 1.02 bits per heavy atom. The number of carbonyl (C=O) groups excluding carboxylic acids is 3. The number of likely N-dealkylation sites (N-methyl/N-ethyl adjacent to an activating group) is 1. The van der Waals surface area contributed by atoms with Crippen molar-refractivity contribution >= 4 is 52.5 Å². The summed E-state index contributed by atoms with van der Waals surface area (Å²) in [4.78, 5) is 54.1. The van der Waals surface area contributed by atoms with Crippen LogP contribution in [0.5, 0.6) is 11.5 Å².